The number of unbranched alkanes of at least 4 members (excludes halogenated alkanes) is 4. The van der Waals surface area contributed by atoms with E-state index >= 15 is 0 Å². The Morgan fingerprint density at radius 3 is 1.53 bits per heavy atom. The van der Waals surface area contributed by atoms with E-state index in [0.29, 0.717) is 5.56 Å². The van der Waals surface area contributed by atoms with Crippen molar-refractivity contribution in [3.63, 3.8) is 0 Å². The second kappa shape index (κ2) is 20.6. The van der Waals surface area contributed by atoms with E-state index in [0.717, 1.165) is 94.3 Å². The van der Waals surface area contributed by atoms with Crippen LogP contribution in [0, 0.1) is 11.8 Å². The zero-order valence-corrected chi connectivity index (χ0v) is 36.3. The molecule has 294 valence electrons. The van der Waals surface area contributed by atoms with Gasteiger partial charge in [0.25, 0.3) is 10.1 Å². The lowest BCUT2D eigenvalue weighted by Crippen LogP contribution is -2.31. The lowest BCUT2D eigenvalue weighted by molar-refractivity contribution is -0.528. The smallest absolute Gasteiger partial charge is 0.295 e. The Balaban J connectivity index is 2.65. The van der Waals surface area contributed by atoms with Gasteiger partial charge in [-0.05, 0) is 94.7 Å². The van der Waals surface area contributed by atoms with Crippen LogP contribution in [0.15, 0.2) is 70.2 Å². The Hall–Kier alpha value is -2.96. The molecule has 5 nitrogen and oxygen atoms in total. The normalized spacial score (nSPS) is 13.8. The third-order valence-corrected chi connectivity index (χ3v) is 11.5. The summed E-state index contributed by atoms with van der Waals surface area (Å²) >= 11 is 0. The Morgan fingerprint density at radius 2 is 1.13 bits per heavy atom. The lowest BCUT2D eigenvalue weighted by atomic mass is 9.78. The van der Waals surface area contributed by atoms with E-state index in [1.54, 1.807) is 12.1 Å². The van der Waals surface area contributed by atoms with Crippen LogP contribution in [-0.4, -0.2) is 49.4 Å². The molecule has 0 saturated heterocycles. The lowest BCUT2D eigenvalue weighted by Gasteiger charge is -2.33. The van der Waals surface area contributed by atoms with Crippen molar-refractivity contribution in [3.8, 4) is 0 Å². The first-order chi connectivity index (χ1) is 25.1. The highest BCUT2D eigenvalue weighted by Gasteiger charge is 2.33. The van der Waals surface area contributed by atoms with Crippen LogP contribution in [-0.2, 0) is 10.1 Å². The van der Waals surface area contributed by atoms with Crippen molar-refractivity contribution in [1.29, 1.82) is 0 Å². The van der Waals surface area contributed by atoms with Gasteiger partial charge in [-0.25, -0.2) is 4.58 Å². The molecule has 53 heavy (non-hydrogen) atoms. The summed E-state index contributed by atoms with van der Waals surface area (Å²) in [4.78, 5) is 2.56. The Morgan fingerprint density at radius 1 is 0.679 bits per heavy atom. The summed E-state index contributed by atoms with van der Waals surface area (Å²) in [7, 11) is -4.52. The van der Waals surface area contributed by atoms with Gasteiger partial charge < -0.3 is 4.90 Å². The van der Waals surface area contributed by atoms with Crippen molar-refractivity contribution in [2.75, 3.05) is 31.1 Å². The van der Waals surface area contributed by atoms with Gasteiger partial charge in [0, 0.05) is 48.3 Å². The van der Waals surface area contributed by atoms with Gasteiger partial charge in [-0.2, -0.15) is 8.42 Å². The van der Waals surface area contributed by atoms with Gasteiger partial charge in [0.15, 0.2) is 0 Å². The number of rotatable bonds is 20. The molecule has 1 aliphatic rings. The van der Waals surface area contributed by atoms with Gasteiger partial charge in [-0.15, -0.1) is 0 Å². The number of hydrogen-bond acceptors (Lipinski definition) is 3. The second-order valence-corrected chi connectivity index (χ2v) is 17.7. The molecule has 0 fully saturated rings. The van der Waals surface area contributed by atoms with Gasteiger partial charge in [0.05, 0.1) is 0 Å². The number of nitrogens with zero attached hydrogens (tertiary/aromatic N) is 2. The number of anilines is 1. The average Bonchev–Trinajstić information content (AvgIpc) is 3.11. The summed E-state index contributed by atoms with van der Waals surface area (Å²) in [6, 6.07) is 11.7. The zero-order chi connectivity index (χ0) is 39.5. The fraction of sp³-hybridized carbons (Fsp3) is 0.596. The number of hydrogen-bond donors (Lipinski definition) is 1. The van der Waals surface area contributed by atoms with Crippen LogP contribution in [0.2, 0.25) is 0 Å². The largest absolute Gasteiger partial charge is 0.371 e. The van der Waals surface area contributed by atoms with E-state index in [-0.39, 0.29) is 28.6 Å². The monoisotopic (exact) mass is 746 g/mol. The minimum absolute atomic E-state index is 0.0578. The Labute approximate surface area is 325 Å². The van der Waals surface area contributed by atoms with Crippen molar-refractivity contribution in [2.24, 2.45) is 11.8 Å². The van der Waals surface area contributed by atoms with E-state index in [1.807, 2.05) is 12.1 Å². The van der Waals surface area contributed by atoms with Gasteiger partial charge in [-0.1, -0.05) is 127 Å². The molecule has 0 heterocycles. The molecule has 2 aromatic carbocycles. The van der Waals surface area contributed by atoms with Crippen LogP contribution in [0.4, 0.5) is 5.69 Å². The predicted octanol–water partition coefficient (Wildman–Crippen LogP) is 12.6. The van der Waals surface area contributed by atoms with Crippen molar-refractivity contribution in [2.45, 2.75) is 151 Å². The molecule has 3 rings (SSSR count). The van der Waals surface area contributed by atoms with E-state index in [2.05, 4.69) is 117 Å². The number of allylic oxidation sites excluding steroid dienone is 5. The SMILES string of the molecule is CCCCN(CCCC)c1c(C(C)C)cc(C(=C2C=C(C(C)C)C(=[N+](CCCC)CCCC)C(C(C)C)=C2)c2ccccc2S(=O)(=O)O)cc1C(C)C. The van der Waals surface area contributed by atoms with Gasteiger partial charge in [-0.3, -0.25) is 4.55 Å². The second-order valence-electron chi connectivity index (χ2n) is 16.4. The molecular weight excluding hydrogens is 673 g/mol. The summed E-state index contributed by atoms with van der Waals surface area (Å²) < 4.78 is 39.6. The summed E-state index contributed by atoms with van der Waals surface area (Å²) in [6.07, 6.45) is 13.8. The van der Waals surface area contributed by atoms with Crippen LogP contribution < -0.4 is 4.90 Å². The first kappa shape index (κ1) is 44.4. The molecule has 0 amide bonds. The fourth-order valence-electron chi connectivity index (χ4n) is 7.58. The highest BCUT2D eigenvalue weighted by molar-refractivity contribution is 7.86. The van der Waals surface area contributed by atoms with Crippen LogP contribution in [0.5, 0.6) is 0 Å². The van der Waals surface area contributed by atoms with Crippen molar-refractivity contribution in [3.05, 3.63) is 87.5 Å². The quantitative estimate of drug-likeness (QED) is 0.108. The first-order valence-corrected chi connectivity index (χ1v) is 22.4. The average molecular weight is 746 g/mol. The van der Waals surface area contributed by atoms with Crippen LogP contribution >= 0.6 is 0 Å². The highest BCUT2D eigenvalue weighted by Crippen LogP contribution is 2.43. The molecule has 0 aromatic heterocycles. The molecule has 6 heteroatoms. The molecule has 1 aliphatic carbocycles. The van der Waals surface area contributed by atoms with Crippen molar-refractivity contribution in [1.82, 2.24) is 0 Å². The van der Waals surface area contributed by atoms with Gasteiger partial charge in [0.1, 0.15) is 18.0 Å². The van der Waals surface area contributed by atoms with E-state index in [1.165, 1.54) is 33.7 Å². The maximum Gasteiger partial charge on any atom is 0.295 e. The topological polar surface area (TPSA) is 60.6 Å². The molecule has 0 aliphatic heterocycles. The van der Waals surface area contributed by atoms with Gasteiger partial charge in [0.2, 0.25) is 5.71 Å². The Kier molecular flexibility index (Phi) is 17.3. The molecule has 0 spiro atoms. The van der Waals surface area contributed by atoms with Crippen LogP contribution in [0.1, 0.15) is 169 Å². The summed E-state index contributed by atoms with van der Waals surface area (Å²) in [5.41, 5.74) is 11.2. The van der Waals surface area contributed by atoms with Crippen molar-refractivity contribution < 1.29 is 17.5 Å². The minimum atomic E-state index is -4.52. The van der Waals surface area contributed by atoms with Crippen LogP contribution in [0.3, 0.4) is 0 Å². The minimum Gasteiger partial charge on any atom is -0.371 e. The number of benzene rings is 2. The van der Waals surface area contributed by atoms with Crippen molar-refractivity contribution >= 4 is 27.1 Å². The third kappa shape index (κ3) is 11.3. The Bertz CT molecular complexity index is 1680. The highest BCUT2D eigenvalue weighted by atomic mass is 32.2. The first-order valence-electron chi connectivity index (χ1n) is 20.9. The van der Waals surface area contributed by atoms with E-state index in [9.17, 15) is 13.0 Å². The van der Waals surface area contributed by atoms with Crippen LogP contribution in [0.25, 0.3) is 5.57 Å². The third-order valence-electron chi connectivity index (χ3n) is 10.6. The van der Waals surface area contributed by atoms with E-state index in [4.69, 9.17) is 0 Å². The standard InChI is InChI=1S/C47H72N2O3S/c1-13-17-25-48(26-18-14-2)46-40(33(5)6)29-37(30-41(46)34(7)8)45(39-23-21-22-24-44(39)53(50,51)52)38-31-42(35(9)10)47(43(32-38)36(11)12)49(27-19-15-3)28-20-16-4/h21-24,29-36H,13-20,25-28H2,1-12H3/p+1. The molecule has 0 bridgehead atoms. The molecule has 0 radical (unpaired) electrons. The summed E-state index contributed by atoms with van der Waals surface area (Å²) in [5.74, 6) is 0.988. The zero-order valence-electron chi connectivity index (χ0n) is 35.5. The maximum absolute atomic E-state index is 13.1. The molecular formula is C47H73N2O3S+. The molecule has 0 saturated carbocycles. The maximum atomic E-state index is 13.1. The predicted molar refractivity (Wildman–Crippen MR) is 230 cm³/mol. The molecule has 0 atom stereocenters. The molecule has 2 aromatic rings. The molecule has 0 unspecified atom stereocenters. The summed E-state index contributed by atoms with van der Waals surface area (Å²) in [6.45, 7) is 31.3. The fourth-order valence-corrected chi connectivity index (χ4v) is 8.28. The van der Waals surface area contributed by atoms with Gasteiger partial charge >= 0.3 is 0 Å². The summed E-state index contributed by atoms with van der Waals surface area (Å²) in [5, 5.41) is 0. The molecule has 1 N–H and O–H groups in total. The van der Waals surface area contributed by atoms with E-state index < -0.39 is 10.1 Å².